The van der Waals surface area contributed by atoms with Gasteiger partial charge in [0.25, 0.3) is 0 Å². The van der Waals surface area contributed by atoms with Crippen LogP contribution < -0.4 is 10.1 Å². The van der Waals surface area contributed by atoms with Crippen LogP contribution in [0.4, 0.5) is 29.1 Å². The largest absolute Gasteiger partial charge is 0.573 e. The predicted octanol–water partition coefficient (Wildman–Crippen LogP) is 10.4. The Balaban J connectivity index is 0.000000199. The second-order valence-corrected chi connectivity index (χ2v) is 16.1. The van der Waals surface area contributed by atoms with E-state index in [4.69, 9.17) is 19.4 Å². The molecular weight excluding hydrogens is 869 g/mol. The molecule has 9 heterocycles. The van der Waals surface area contributed by atoms with Crippen LogP contribution in [0.3, 0.4) is 0 Å². The van der Waals surface area contributed by atoms with Crippen LogP contribution in [0.25, 0.3) is 55.6 Å². The van der Waals surface area contributed by atoms with Crippen LogP contribution in [0.1, 0.15) is 67.8 Å². The molecule has 2 aliphatic rings. The van der Waals surface area contributed by atoms with Gasteiger partial charge in [0.1, 0.15) is 59.1 Å². The average Bonchev–Trinajstić information content (AvgIpc) is 3.99. The Morgan fingerprint density at radius 1 is 0.672 bits per heavy atom. The fraction of sp³-hybridized carbons (Fsp3) is 0.271. The second-order valence-electron chi connectivity index (χ2n) is 16.1. The molecule has 0 bridgehead atoms. The number of halogens is 4. The number of nitrogens with zero attached hydrogens (tertiary/aromatic N) is 11. The third-order valence-corrected chi connectivity index (χ3v) is 11.8. The number of nitrogens with one attached hydrogen (secondary N) is 1. The lowest BCUT2D eigenvalue weighted by Crippen LogP contribution is -2.17. The van der Waals surface area contributed by atoms with Gasteiger partial charge in [0.05, 0.1) is 23.9 Å². The maximum Gasteiger partial charge on any atom is 0.573 e. The number of imidazole rings is 2. The van der Waals surface area contributed by atoms with Gasteiger partial charge in [0.15, 0.2) is 11.3 Å². The van der Waals surface area contributed by atoms with Gasteiger partial charge >= 0.3 is 6.36 Å². The summed E-state index contributed by atoms with van der Waals surface area (Å²) >= 11 is 0. The number of rotatable bonds is 9. The monoisotopic (exact) mass is 910 g/mol. The van der Waals surface area contributed by atoms with Crippen LogP contribution in [-0.2, 0) is 15.9 Å². The Bertz CT molecular complexity index is 3200. The Kier molecular flexibility index (Phi) is 12.2. The van der Waals surface area contributed by atoms with E-state index in [1.807, 2.05) is 46.4 Å². The maximum atomic E-state index is 13.9. The molecule has 340 valence electrons. The molecule has 7 aromatic heterocycles. The Labute approximate surface area is 380 Å². The predicted molar refractivity (Wildman–Crippen MR) is 240 cm³/mol. The number of benzene rings is 2. The van der Waals surface area contributed by atoms with Gasteiger partial charge in [-0.15, -0.1) is 13.2 Å². The molecule has 0 radical (unpaired) electrons. The summed E-state index contributed by atoms with van der Waals surface area (Å²) in [5.74, 6) is -0.375. The molecule has 2 atom stereocenters. The number of pyridine rings is 3. The van der Waals surface area contributed by atoms with Crippen LogP contribution in [0.2, 0.25) is 0 Å². The molecule has 2 aliphatic heterocycles. The van der Waals surface area contributed by atoms with E-state index in [1.54, 1.807) is 49.6 Å². The summed E-state index contributed by atoms with van der Waals surface area (Å²) < 4.78 is 72.0. The molecule has 0 aliphatic carbocycles. The number of anilines is 2. The van der Waals surface area contributed by atoms with Crippen LogP contribution in [-0.4, -0.2) is 73.6 Å². The summed E-state index contributed by atoms with van der Waals surface area (Å²) in [7, 11) is 0. The summed E-state index contributed by atoms with van der Waals surface area (Å²) in [6.07, 6.45) is 13.0. The minimum absolute atomic E-state index is 0.0692. The Hall–Kier alpha value is -7.51. The molecule has 2 saturated heterocycles. The Morgan fingerprint density at radius 2 is 1.33 bits per heavy atom. The van der Waals surface area contributed by atoms with Crippen LogP contribution >= 0.6 is 0 Å². The van der Waals surface area contributed by atoms with Gasteiger partial charge in [0.2, 0.25) is 5.95 Å². The van der Waals surface area contributed by atoms with Crippen LogP contribution in [0.5, 0.6) is 5.75 Å². The number of aryl methyl sites for hydroxylation is 1. The zero-order valence-corrected chi connectivity index (χ0v) is 36.1. The average molecular weight is 911 g/mol. The van der Waals surface area contributed by atoms with Crippen molar-refractivity contribution >= 4 is 44.6 Å². The van der Waals surface area contributed by atoms with Gasteiger partial charge < -0.3 is 19.5 Å². The molecule has 67 heavy (non-hydrogen) atoms. The topological polar surface area (TPSA) is 166 Å². The molecule has 19 heteroatoms. The third-order valence-electron chi connectivity index (χ3n) is 11.8. The van der Waals surface area contributed by atoms with Gasteiger partial charge in [-0.2, -0.15) is 4.39 Å². The summed E-state index contributed by atoms with van der Waals surface area (Å²) in [4.78, 5) is 39.7. The van der Waals surface area contributed by atoms with E-state index in [1.165, 1.54) is 30.7 Å². The highest BCUT2D eigenvalue weighted by Crippen LogP contribution is 2.36. The maximum absolute atomic E-state index is 13.9. The summed E-state index contributed by atoms with van der Waals surface area (Å²) in [6.45, 7) is 3.49. The van der Waals surface area contributed by atoms with Crippen LogP contribution in [0, 0.1) is 12.9 Å². The lowest BCUT2D eigenvalue weighted by molar-refractivity contribution is -0.274. The fourth-order valence-electron chi connectivity index (χ4n) is 8.60. The summed E-state index contributed by atoms with van der Waals surface area (Å²) in [5.41, 5.74) is 8.26. The zero-order chi connectivity index (χ0) is 45.9. The lowest BCUT2D eigenvalue weighted by Gasteiger charge is -2.23. The van der Waals surface area contributed by atoms with Crippen molar-refractivity contribution < 1.29 is 31.8 Å². The van der Waals surface area contributed by atoms with Gasteiger partial charge in [0, 0.05) is 60.9 Å². The van der Waals surface area contributed by atoms with Gasteiger partial charge in [-0.3, -0.25) is 14.1 Å². The molecule has 1 N–H and O–H groups in total. The van der Waals surface area contributed by atoms with Crippen molar-refractivity contribution in [2.45, 2.75) is 70.7 Å². The van der Waals surface area contributed by atoms with Crippen molar-refractivity contribution in [3.05, 3.63) is 133 Å². The molecule has 15 nitrogen and oxygen atoms in total. The molecule has 0 saturated carbocycles. The molecule has 11 rings (SSSR count). The van der Waals surface area contributed by atoms with Gasteiger partial charge in [-0.1, -0.05) is 18.2 Å². The lowest BCUT2D eigenvalue weighted by atomic mass is 9.94. The minimum Gasteiger partial charge on any atom is -0.406 e. The normalized spacial score (nSPS) is 16.5. The first-order chi connectivity index (χ1) is 32.7. The highest BCUT2D eigenvalue weighted by atomic mass is 19.4. The first-order valence-electron chi connectivity index (χ1n) is 21.8. The number of alkyl halides is 3. The summed E-state index contributed by atoms with van der Waals surface area (Å²) in [5, 5.41) is 4.91. The van der Waals surface area contributed by atoms with Crippen molar-refractivity contribution in [3.63, 3.8) is 0 Å². The SMILES string of the molecule is Cc1ccc2c(Nc3cccc(OC(F)(F)F)c3)nccc2c1Cc1ncccc1-c1ncnc2c1ncn2C1CCCCO1.Fc1ncccc1-c1ncnc2c1ncn2C1CCCCO1. The van der Waals surface area contributed by atoms with E-state index in [0.717, 1.165) is 83.9 Å². The van der Waals surface area contributed by atoms with Crippen molar-refractivity contribution in [1.82, 2.24) is 54.0 Å². The zero-order valence-electron chi connectivity index (χ0n) is 36.1. The van der Waals surface area contributed by atoms with Crippen LogP contribution in [0.15, 0.2) is 111 Å². The standard InChI is InChI=1S/C33H28F3N7O2.C15H14FN5O/c1-20-10-11-24-23(12-14-38-31(24)42-21-6-4-7-22(16-21)45-33(34,35)36)26(20)17-27-25(8-5-13-37-27)29-30-32(40-18-39-29)43(19-41-30)28-9-2-3-15-44-28;16-14-10(4-3-6-17-14)12-13-15(19-8-18-12)21(9-20-13)11-5-1-2-7-22-11/h4-8,10-14,16,18-19,28H,2-3,9,15,17H2,1H3,(H,38,42);3-4,6,8-9,11H,1-2,5,7H2. The van der Waals surface area contributed by atoms with E-state index in [0.29, 0.717) is 58.2 Å². The smallest absolute Gasteiger partial charge is 0.406 e. The highest BCUT2D eigenvalue weighted by Gasteiger charge is 2.31. The summed E-state index contributed by atoms with van der Waals surface area (Å²) in [6, 6.07) is 18.8. The number of hydrogen-bond donors (Lipinski definition) is 1. The Morgan fingerprint density at radius 3 is 1.97 bits per heavy atom. The molecule has 0 spiro atoms. The number of aromatic nitrogens is 11. The second kappa shape index (κ2) is 18.8. The quantitative estimate of drug-likeness (QED) is 0.107. The number of hydrogen-bond acceptors (Lipinski definition) is 13. The first-order valence-corrected chi connectivity index (χ1v) is 21.8. The number of fused-ring (bicyclic) bond motifs is 3. The van der Waals surface area contributed by atoms with Crippen molar-refractivity contribution in [2.75, 3.05) is 18.5 Å². The van der Waals surface area contributed by atoms with Gasteiger partial charge in [-0.25, -0.2) is 39.9 Å². The van der Waals surface area contributed by atoms with Gasteiger partial charge in [-0.05, 0) is 104 Å². The van der Waals surface area contributed by atoms with Crippen molar-refractivity contribution in [1.29, 1.82) is 0 Å². The minimum atomic E-state index is -4.78. The first kappa shape index (κ1) is 43.4. The van der Waals surface area contributed by atoms with E-state index in [2.05, 4.69) is 44.9 Å². The van der Waals surface area contributed by atoms with E-state index < -0.39 is 12.3 Å². The van der Waals surface area contributed by atoms with E-state index >= 15 is 0 Å². The van der Waals surface area contributed by atoms with E-state index in [-0.39, 0.29) is 18.2 Å². The molecule has 2 unspecified atom stereocenters. The van der Waals surface area contributed by atoms with Crippen molar-refractivity contribution in [3.8, 4) is 28.3 Å². The highest BCUT2D eigenvalue weighted by molar-refractivity contribution is 5.96. The molecule has 9 aromatic rings. The molecule has 0 amide bonds. The fourth-order valence-corrected chi connectivity index (χ4v) is 8.60. The van der Waals surface area contributed by atoms with Crippen molar-refractivity contribution in [2.24, 2.45) is 0 Å². The molecule has 2 fully saturated rings. The molecule has 2 aromatic carbocycles. The third kappa shape index (κ3) is 9.19. The van der Waals surface area contributed by atoms with E-state index in [9.17, 15) is 17.6 Å². The number of ether oxygens (including phenoxy) is 3. The molecular formula is C48H42F4N12O3.